The van der Waals surface area contributed by atoms with E-state index in [4.69, 9.17) is 4.74 Å². The largest absolute Gasteiger partial charge is 0.443 e. The van der Waals surface area contributed by atoms with Gasteiger partial charge in [-0.05, 0) is 20.8 Å². The number of carbonyl (C=O) groups excluding carboxylic acids is 1. The van der Waals surface area contributed by atoms with E-state index in [1.807, 2.05) is 0 Å². The summed E-state index contributed by atoms with van der Waals surface area (Å²) in [5, 5.41) is 3.87. The van der Waals surface area contributed by atoms with Crippen molar-refractivity contribution in [1.29, 1.82) is 0 Å². The van der Waals surface area contributed by atoms with Crippen molar-refractivity contribution in [2.75, 3.05) is 11.9 Å². The Morgan fingerprint density at radius 3 is 2.38 bits per heavy atom. The molecule has 0 aliphatic rings. The van der Waals surface area contributed by atoms with E-state index in [0.29, 0.717) is 5.69 Å². The molecule has 0 radical (unpaired) electrons. The third-order valence-corrected chi connectivity index (χ3v) is 3.12. The highest BCUT2D eigenvalue weighted by Gasteiger charge is 2.35. The van der Waals surface area contributed by atoms with Gasteiger partial charge in [-0.3, -0.25) is 4.90 Å². The first-order valence-electron chi connectivity index (χ1n) is 6.98. The van der Waals surface area contributed by atoms with E-state index < -0.39 is 23.1 Å². The van der Waals surface area contributed by atoms with Gasteiger partial charge in [-0.2, -0.15) is 13.9 Å². The lowest BCUT2D eigenvalue weighted by atomic mass is 10.2. The van der Waals surface area contributed by atoms with E-state index in [2.05, 4.69) is 15.1 Å². The fourth-order valence-electron chi connectivity index (χ4n) is 1.82. The molecule has 0 fully saturated rings. The fraction of sp³-hybridized carbons (Fsp3) is 0.429. The van der Waals surface area contributed by atoms with Crippen LogP contribution in [0.25, 0.3) is 5.69 Å². The second-order valence-electron chi connectivity index (χ2n) is 6.07. The van der Waals surface area contributed by atoms with Crippen molar-refractivity contribution in [2.45, 2.75) is 32.0 Å². The van der Waals surface area contributed by atoms with Gasteiger partial charge < -0.3 is 4.74 Å². The Balaban J connectivity index is 2.45. The van der Waals surface area contributed by atoms with Crippen molar-refractivity contribution < 1.29 is 18.3 Å². The minimum Gasteiger partial charge on any atom is -0.443 e. The number of anilines is 1. The van der Waals surface area contributed by atoms with Gasteiger partial charge in [-0.25, -0.2) is 19.4 Å². The number of ether oxygens (including phenoxy) is 1. The van der Waals surface area contributed by atoms with Crippen LogP contribution in [0.1, 0.15) is 26.5 Å². The van der Waals surface area contributed by atoms with Crippen LogP contribution in [-0.4, -0.2) is 38.5 Å². The Labute approximate surface area is 140 Å². The zero-order valence-corrected chi connectivity index (χ0v) is 14.8. The van der Waals surface area contributed by atoms with Crippen molar-refractivity contribution in [3.8, 4) is 5.69 Å². The van der Waals surface area contributed by atoms with E-state index in [1.165, 1.54) is 45.9 Å². The van der Waals surface area contributed by atoms with Crippen molar-refractivity contribution in [3.63, 3.8) is 0 Å². The van der Waals surface area contributed by atoms with Gasteiger partial charge in [-0.15, -0.1) is 0 Å². The standard InChI is InChI=1S/C14H18F2N5O2P/c1-13(2,3)23-12(22)20(4)10-7-21(9-5-17-8-18-6-9)19-11(10)14(15,16)24/h5-8H,24H2,1-4H3. The summed E-state index contributed by atoms with van der Waals surface area (Å²) in [7, 11) is 2.76. The smallest absolute Gasteiger partial charge is 0.414 e. The van der Waals surface area contributed by atoms with E-state index in [0.717, 1.165) is 4.90 Å². The molecule has 2 rings (SSSR count). The van der Waals surface area contributed by atoms with Gasteiger partial charge >= 0.3 is 11.8 Å². The SMILES string of the molecule is CN(C(=O)OC(C)(C)C)c1cn(-c2cncnc2)nc1C(F)(F)P. The van der Waals surface area contributed by atoms with Crippen LogP contribution in [0.2, 0.25) is 0 Å². The van der Waals surface area contributed by atoms with Crippen LogP contribution in [0, 0.1) is 0 Å². The summed E-state index contributed by atoms with van der Waals surface area (Å²) >= 11 is 0. The number of rotatable bonds is 3. The summed E-state index contributed by atoms with van der Waals surface area (Å²) in [5.74, 6) is 0. The van der Waals surface area contributed by atoms with Gasteiger partial charge in [0.2, 0.25) is 0 Å². The van der Waals surface area contributed by atoms with Gasteiger partial charge in [0.1, 0.15) is 17.6 Å². The minimum atomic E-state index is -3.33. The Hall–Kier alpha value is -2.15. The monoisotopic (exact) mass is 357 g/mol. The molecule has 0 aliphatic heterocycles. The second kappa shape index (κ2) is 6.39. The van der Waals surface area contributed by atoms with Gasteiger partial charge in [0, 0.05) is 7.05 Å². The van der Waals surface area contributed by atoms with E-state index in [-0.39, 0.29) is 5.69 Å². The lowest BCUT2D eigenvalue weighted by Gasteiger charge is -2.24. The molecule has 130 valence electrons. The molecule has 0 aliphatic carbocycles. The summed E-state index contributed by atoms with van der Waals surface area (Å²) in [6.07, 6.45) is 4.69. The highest BCUT2D eigenvalue weighted by molar-refractivity contribution is 7.17. The second-order valence-corrected chi connectivity index (χ2v) is 6.79. The summed E-state index contributed by atoms with van der Waals surface area (Å²) in [6.45, 7) is 5.07. The van der Waals surface area contributed by atoms with Crippen LogP contribution >= 0.6 is 9.24 Å². The zero-order chi connectivity index (χ0) is 18.1. The van der Waals surface area contributed by atoms with E-state index >= 15 is 0 Å². The Kier molecular flexibility index (Phi) is 4.85. The van der Waals surface area contributed by atoms with Gasteiger partial charge in [0.05, 0.1) is 24.3 Å². The number of halogens is 2. The molecule has 7 nitrogen and oxygen atoms in total. The molecule has 1 unspecified atom stereocenters. The summed E-state index contributed by atoms with van der Waals surface area (Å²) in [6, 6.07) is 0. The average Bonchev–Trinajstić information content (AvgIpc) is 2.90. The van der Waals surface area contributed by atoms with Crippen molar-refractivity contribution in [3.05, 3.63) is 30.6 Å². The molecule has 0 N–H and O–H groups in total. The Morgan fingerprint density at radius 2 is 1.88 bits per heavy atom. The highest BCUT2D eigenvalue weighted by atomic mass is 31.0. The number of hydrogen-bond acceptors (Lipinski definition) is 5. The molecular formula is C14H18F2N5O2P. The summed E-state index contributed by atoms with van der Waals surface area (Å²) in [5.41, 5.74) is -4.35. The van der Waals surface area contributed by atoms with Gasteiger partial charge in [0.15, 0.2) is 5.69 Å². The minimum absolute atomic E-state index is 0.0758. The van der Waals surface area contributed by atoms with E-state index in [1.54, 1.807) is 20.8 Å². The molecule has 24 heavy (non-hydrogen) atoms. The molecule has 0 saturated heterocycles. The third-order valence-electron chi connectivity index (χ3n) is 2.85. The van der Waals surface area contributed by atoms with Crippen LogP contribution in [0.3, 0.4) is 0 Å². The first-order valence-corrected chi connectivity index (χ1v) is 7.56. The maximum Gasteiger partial charge on any atom is 0.414 e. The highest BCUT2D eigenvalue weighted by Crippen LogP contribution is 2.40. The van der Waals surface area contributed by atoms with Crippen LogP contribution < -0.4 is 4.90 Å². The molecule has 10 heteroatoms. The predicted octanol–water partition coefficient (Wildman–Crippen LogP) is 2.96. The lowest BCUT2D eigenvalue weighted by molar-refractivity contribution is 0.0586. The zero-order valence-electron chi connectivity index (χ0n) is 13.7. The molecule has 1 atom stereocenters. The van der Waals surface area contributed by atoms with Crippen molar-refractivity contribution >= 4 is 21.0 Å². The molecule has 0 spiro atoms. The fourth-order valence-corrected chi connectivity index (χ4v) is 2.02. The molecule has 2 aromatic heterocycles. The van der Waals surface area contributed by atoms with Gasteiger partial charge in [-0.1, -0.05) is 9.24 Å². The topological polar surface area (TPSA) is 73.1 Å². The number of amides is 1. The maximum absolute atomic E-state index is 13.9. The number of carbonyl (C=O) groups is 1. The normalized spacial score (nSPS) is 12.1. The quantitative estimate of drug-likeness (QED) is 0.790. The number of aromatic nitrogens is 4. The lowest BCUT2D eigenvalue weighted by Crippen LogP contribution is -2.34. The molecular weight excluding hydrogens is 339 g/mol. The molecule has 0 bridgehead atoms. The molecule has 0 aromatic carbocycles. The Bertz CT molecular complexity index is 725. The predicted molar refractivity (Wildman–Crippen MR) is 87.4 cm³/mol. The van der Waals surface area contributed by atoms with Crippen LogP contribution in [-0.2, 0) is 10.4 Å². The van der Waals surface area contributed by atoms with Crippen LogP contribution in [0.5, 0.6) is 0 Å². The molecule has 1 amide bonds. The van der Waals surface area contributed by atoms with Crippen LogP contribution in [0.15, 0.2) is 24.9 Å². The number of hydrogen-bond donors (Lipinski definition) is 0. The van der Waals surface area contributed by atoms with Crippen molar-refractivity contribution in [2.24, 2.45) is 0 Å². The van der Waals surface area contributed by atoms with Crippen LogP contribution in [0.4, 0.5) is 19.3 Å². The molecule has 0 saturated carbocycles. The Morgan fingerprint density at radius 1 is 1.29 bits per heavy atom. The first-order chi connectivity index (χ1) is 11.0. The third kappa shape index (κ3) is 4.23. The molecule has 2 heterocycles. The number of nitrogens with zero attached hydrogens (tertiary/aromatic N) is 5. The molecule has 2 aromatic rings. The number of alkyl halides is 2. The summed E-state index contributed by atoms with van der Waals surface area (Å²) < 4.78 is 34.2. The summed E-state index contributed by atoms with van der Waals surface area (Å²) in [4.78, 5) is 20.8. The van der Waals surface area contributed by atoms with Crippen molar-refractivity contribution in [1.82, 2.24) is 19.7 Å². The average molecular weight is 357 g/mol. The maximum atomic E-state index is 13.9. The van der Waals surface area contributed by atoms with E-state index in [9.17, 15) is 13.6 Å². The van der Waals surface area contributed by atoms with Gasteiger partial charge in [0.25, 0.3) is 0 Å². The first kappa shape index (κ1) is 18.2.